The van der Waals surface area contributed by atoms with Crippen LogP contribution in [0.4, 0.5) is 0 Å². The van der Waals surface area contributed by atoms with Gasteiger partial charge in [0.2, 0.25) is 5.91 Å². The van der Waals surface area contributed by atoms with Gasteiger partial charge in [0.05, 0.1) is 17.7 Å². The summed E-state index contributed by atoms with van der Waals surface area (Å²) in [5.74, 6) is -0.0377. The molecule has 0 bridgehead atoms. The molecule has 1 unspecified atom stereocenters. The van der Waals surface area contributed by atoms with Gasteiger partial charge < -0.3 is 15.4 Å². The van der Waals surface area contributed by atoms with Crippen molar-refractivity contribution in [2.75, 3.05) is 20.3 Å². The molecular formula is C15H19ClN2O2S. The minimum absolute atomic E-state index is 0.0377. The summed E-state index contributed by atoms with van der Waals surface area (Å²) < 4.78 is 6.06. The molecule has 6 heteroatoms. The van der Waals surface area contributed by atoms with Gasteiger partial charge in [0.25, 0.3) is 0 Å². The number of hydrogen-bond donors (Lipinski definition) is 2. The Morgan fingerprint density at radius 3 is 2.90 bits per heavy atom. The molecule has 1 heterocycles. The van der Waals surface area contributed by atoms with Crippen molar-refractivity contribution in [1.82, 2.24) is 10.6 Å². The number of methoxy groups -OCH3 is 1. The van der Waals surface area contributed by atoms with Gasteiger partial charge in [-0.15, -0.1) is 11.3 Å². The first-order chi connectivity index (χ1) is 10.1. The van der Waals surface area contributed by atoms with Crippen molar-refractivity contribution in [3.05, 3.63) is 34.2 Å². The third kappa shape index (κ3) is 4.17. The highest BCUT2D eigenvalue weighted by Crippen LogP contribution is 2.34. The topological polar surface area (TPSA) is 50.4 Å². The lowest BCUT2D eigenvalue weighted by Gasteiger charge is -2.13. The normalized spacial score (nSPS) is 12.5. The van der Waals surface area contributed by atoms with Gasteiger partial charge in [0, 0.05) is 35.2 Å². The quantitative estimate of drug-likeness (QED) is 0.769. The summed E-state index contributed by atoms with van der Waals surface area (Å²) in [6.07, 6.45) is 0. The Hall–Kier alpha value is -1.14. The van der Waals surface area contributed by atoms with E-state index in [2.05, 4.69) is 16.7 Å². The molecule has 1 atom stereocenters. The summed E-state index contributed by atoms with van der Waals surface area (Å²) >= 11 is 8.03. The molecule has 0 saturated heterocycles. The first-order valence-electron chi connectivity index (χ1n) is 6.79. The molecule has 0 spiro atoms. The lowest BCUT2D eigenvalue weighted by atomic mass is 10.2. The van der Waals surface area contributed by atoms with Crippen LogP contribution in [0.25, 0.3) is 10.1 Å². The van der Waals surface area contributed by atoms with Crippen LogP contribution in [0.2, 0.25) is 5.02 Å². The molecule has 2 aromatic rings. The van der Waals surface area contributed by atoms with E-state index in [0.717, 1.165) is 20.0 Å². The zero-order chi connectivity index (χ0) is 15.2. The summed E-state index contributed by atoms with van der Waals surface area (Å²) in [6.45, 7) is 3.45. The first kappa shape index (κ1) is 16.2. The number of benzene rings is 1. The molecule has 1 aromatic carbocycles. The van der Waals surface area contributed by atoms with Crippen LogP contribution in [0.1, 0.15) is 11.8 Å². The largest absolute Gasteiger partial charge is 0.383 e. The number of nitrogens with one attached hydrogen (secondary N) is 2. The zero-order valence-corrected chi connectivity index (χ0v) is 13.7. The van der Waals surface area contributed by atoms with Crippen LogP contribution >= 0.6 is 22.9 Å². The second-order valence-electron chi connectivity index (χ2n) is 4.72. The van der Waals surface area contributed by atoms with Gasteiger partial charge in [-0.25, -0.2) is 0 Å². The van der Waals surface area contributed by atoms with Crippen molar-refractivity contribution in [2.24, 2.45) is 0 Å². The van der Waals surface area contributed by atoms with E-state index in [0.29, 0.717) is 19.7 Å². The Balaban J connectivity index is 1.92. The molecule has 0 fully saturated rings. The lowest BCUT2D eigenvalue weighted by molar-refractivity contribution is -0.122. The molecule has 4 nitrogen and oxygen atoms in total. The van der Waals surface area contributed by atoms with Crippen LogP contribution in [0.5, 0.6) is 0 Å². The van der Waals surface area contributed by atoms with Crippen LogP contribution < -0.4 is 10.6 Å². The Labute approximate surface area is 133 Å². The molecule has 21 heavy (non-hydrogen) atoms. The monoisotopic (exact) mass is 326 g/mol. The number of thiophene rings is 1. The van der Waals surface area contributed by atoms with Crippen LogP contribution in [-0.4, -0.2) is 32.2 Å². The predicted octanol–water partition coefficient (Wildman–Crippen LogP) is 2.80. The van der Waals surface area contributed by atoms with Gasteiger partial charge in [-0.3, -0.25) is 4.79 Å². The van der Waals surface area contributed by atoms with Crippen LogP contribution in [0.15, 0.2) is 24.3 Å². The van der Waals surface area contributed by atoms with E-state index in [1.807, 2.05) is 25.1 Å². The van der Waals surface area contributed by atoms with Gasteiger partial charge in [0.1, 0.15) is 0 Å². The van der Waals surface area contributed by atoms with Gasteiger partial charge >= 0.3 is 0 Å². The third-order valence-electron chi connectivity index (χ3n) is 3.17. The fraction of sp³-hybridized carbons (Fsp3) is 0.400. The summed E-state index contributed by atoms with van der Waals surface area (Å²) in [5, 5.41) is 7.85. The van der Waals surface area contributed by atoms with E-state index in [4.69, 9.17) is 16.3 Å². The molecule has 0 radical (unpaired) electrons. The molecule has 114 valence electrons. The third-order valence-corrected chi connectivity index (χ3v) is 4.88. The molecule has 0 saturated carbocycles. The Morgan fingerprint density at radius 1 is 1.43 bits per heavy atom. The van der Waals surface area contributed by atoms with Crippen LogP contribution in [0.3, 0.4) is 0 Å². The molecule has 1 amide bonds. The number of halogens is 1. The Morgan fingerprint density at radius 2 is 2.19 bits per heavy atom. The predicted molar refractivity (Wildman–Crippen MR) is 88.0 cm³/mol. The van der Waals surface area contributed by atoms with E-state index in [9.17, 15) is 4.79 Å². The van der Waals surface area contributed by atoms with E-state index in [1.54, 1.807) is 18.4 Å². The number of carbonyl (C=O) groups is 1. The number of rotatable bonds is 7. The van der Waals surface area contributed by atoms with Crippen molar-refractivity contribution < 1.29 is 9.53 Å². The Kier molecular flexibility index (Phi) is 5.99. The van der Waals surface area contributed by atoms with Crippen molar-refractivity contribution >= 4 is 38.9 Å². The summed E-state index contributed by atoms with van der Waals surface area (Å²) in [4.78, 5) is 12.9. The van der Waals surface area contributed by atoms with Crippen molar-refractivity contribution in [2.45, 2.75) is 19.5 Å². The minimum atomic E-state index is -0.275. The zero-order valence-electron chi connectivity index (χ0n) is 12.1. The number of ether oxygens (including phenoxy) is 1. The molecular weight excluding hydrogens is 308 g/mol. The van der Waals surface area contributed by atoms with Gasteiger partial charge in [0.15, 0.2) is 0 Å². The minimum Gasteiger partial charge on any atom is -0.383 e. The standard InChI is InChI=1S/C15H19ClN2O2S/c1-10(15(19)17-7-8-20-2)18-9-13-14(16)11-5-3-4-6-12(11)21-13/h3-6,10,18H,7-9H2,1-2H3,(H,17,19). The van der Waals surface area contributed by atoms with Gasteiger partial charge in [-0.2, -0.15) is 0 Å². The maximum atomic E-state index is 11.8. The smallest absolute Gasteiger partial charge is 0.236 e. The SMILES string of the molecule is COCCNC(=O)C(C)NCc1sc2ccccc2c1Cl. The second kappa shape index (κ2) is 7.75. The molecule has 2 rings (SSSR count). The lowest BCUT2D eigenvalue weighted by Crippen LogP contribution is -2.42. The second-order valence-corrected chi connectivity index (χ2v) is 6.24. The highest BCUT2D eigenvalue weighted by atomic mass is 35.5. The summed E-state index contributed by atoms with van der Waals surface area (Å²) in [6, 6.07) is 7.76. The molecule has 0 aliphatic heterocycles. The number of hydrogen-bond acceptors (Lipinski definition) is 4. The van der Waals surface area contributed by atoms with Crippen molar-refractivity contribution in [1.29, 1.82) is 0 Å². The van der Waals surface area contributed by atoms with Crippen LogP contribution in [-0.2, 0) is 16.1 Å². The molecule has 1 aromatic heterocycles. The number of carbonyl (C=O) groups excluding carboxylic acids is 1. The van der Waals surface area contributed by atoms with Gasteiger partial charge in [-0.1, -0.05) is 29.8 Å². The van der Waals surface area contributed by atoms with Crippen molar-refractivity contribution in [3.63, 3.8) is 0 Å². The fourth-order valence-corrected chi connectivity index (χ4v) is 3.40. The van der Waals surface area contributed by atoms with Crippen molar-refractivity contribution in [3.8, 4) is 0 Å². The summed E-state index contributed by atoms with van der Waals surface area (Å²) in [7, 11) is 1.61. The molecule has 0 aliphatic carbocycles. The fourth-order valence-electron chi connectivity index (χ4n) is 1.95. The van der Waals surface area contributed by atoms with E-state index >= 15 is 0 Å². The van der Waals surface area contributed by atoms with E-state index < -0.39 is 0 Å². The van der Waals surface area contributed by atoms with E-state index in [-0.39, 0.29) is 11.9 Å². The highest BCUT2D eigenvalue weighted by Gasteiger charge is 2.14. The average molecular weight is 327 g/mol. The van der Waals surface area contributed by atoms with Crippen LogP contribution in [0, 0.1) is 0 Å². The highest BCUT2D eigenvalue weighted by molar-refractivity contribution is 7.19. The molecule has 0 aliphatic rings. The summed E-state index contributed by atoms with van der Waals surface area (Å²) in [5.41, 5.74) is 0. The average Bonchev–Trinajstić information content (AvgIpc) is 2.82. The Bertz CT molecular complexity index is 615. The molecule has 2 N–H and O–H groups in total. The maximum Gasteiger partial charge on any atom is 0.236 e. The van der Waals surface area contributed by atoms with Gasteiger partial charge in [-0.05, 0) is 13.0 Å². The number of amides is 1. The van der Waals surface area contributed by atoms with E-state index in [1.165, 1.54) is 0 Å². The number of fused-ring (bicyclic) bond motifs is 1. The maximum absolute atomic E-state index is 11.8. The first-order valence-corrected chi connectivity index (χ1v) is 7.99.